The van der Waals surface area contributed by atoms with Crippen LogP contribution in [0.15, 0.2) is 24.3 Å². The summed E-state index contributed by atoms with van der Waals surface area (Å²) in [6.07, 6.45) is 0.770. The normalized spacial score (nSPS) is 10.6. The van der Waals surface area contributed by atoms with Crippen molar-refractivity contribution < 1.29 is 14.6 Å². The largest absolute Gasteiger partial charge is 0.487 e. The number of aromatic carboxylic acids is 1. The molecular weight excluding hydrogens is 319 g/mol. The van der Waals surface area contributed by atoms with E-state index in [0.717, 1.165) is 16.9 Å². The van der Waals surface area contributed by atoms with E-state index in [1.165, 1.54) is 11.3 Å². The zero-order chi connectivity index (χ0) is 14.7. The van der Waals surface area contributed by atoms with E-state index in [4.69, 9.17) is 33.0 Å². The third-order valence-corrected chi connectivity index (χ3v) is 4.54. The molecule has 0 spiro atoms. The lowest BCUT2D eigenvalue weighted by Gasteiger charge is -2.07. The molecule has 106 valence electrons. The van der Waals surface area contributed by atoms with Gasteiger partial charge in [0.1, 0.15) is 12.4 Å². The molecule has 1 N–H and O–H groups in total. The van der Waals surface area contributed by atoms with Gasteiger partial charge in [0.2, 0.25) is 0 Å². The topological polar surface area (TPSA) is 46.5 Å². The summed E-state index contributed by atoms with van der Waals surface area (Å²) in [5.74, 6) is -0.614. The summed E-state index contributed by atoms with van der Waals surface area (Å²) in [4.78, 5) is 12.3. The van der Waals surface area contributed by atoms with Crippen LogP contribution in [0.5, 0.6) is 5.75 Å². The number of hydrogen-bond donors (Lipinski definition) is 1. The molecule has 0 radical (unpaired) electrons. The molecule has 0 bridgehead atoms. The molecule has 3 nitrogen and oxygen atoms in total. The minimum Gasteiger partial charge on any atom is -0.487 e. The summed E-state index contributed by atoms with van der Waals surface area (Å²) in [7, 11) is 0. The Bertz CT molecular complexity index is 637. The molecule has 1 aromatic heterocycles. The molecule has 0 aliphatic rings. The highest BCUT2D eigenvalue weighted by Gasteiger charge is 2.16. The molecular formula is C14H12Cl2O3S. The third-order valence-electron chi connectivity index (χ3n) is 2.68. The Morgan fingerprint density at radius 1 is 1.35 bits per heavy atom. The molecule has 0 saturated heterocycles. The lowest BCUT2D eigenvalue weighted by atomic mass is 10.2. The molecule has 1 aromatic carbocycles. The van der Waals surface area contributed by atoms with Crippen molar-refractivity contribution in [3.05, 3.63) is 49.6 Å². The van der Waals surface area contributed by atoms with E-state index in [9.17, 15) is 4.79 Å². The Hall–Kier alpha value is -1.23. The summed E-state index contributed by atoms with van der Waals surface area (Å²) < 4.78 is 5.59. The fourth-order valence-electron chi connectivity index (χ4n) is 1.66. The maximum atomic E-state index is 11.2. The van der Waals surface area contributed by atoms with Crippen molar-refractivity contribution >= 4 is 40.5 Å². The lowest BCUT2D eigenvalue weighted by Crippen LogP contribution is -2.00. The van der Waals surface area contributed by atoms with Crippen LogP contribution in [-0.2, 0) is 13.0 Å². The number of aryl methyl sites for hydroxylation is 1. The van der Waals surface area contributed by atoms with Crippen LogP contribution in [0, 0.1) is 0 Å². The molecule has 0 unspecified atom stereocenters. The van der Waals surface area contributed by atoms with Gasteiger partial charge >= 0.3 is 5.97 Å². The summed E-state index contributed by atoms with van der Waals surface area (Å²) >= 11 is 13.2. The first kappa shape index (κ1) is 15.2. The fourth-order valence-corrected chi connectivity index (χ4v) is 2.91. The fraction of sp³-hybridized carbons (Fsp3) is 0.214. The minimum absolute atomic E-state index is 0.180. The summed E-state index contributed by atoms with van der Waals surface area (Å²) in [5, 5.41) is 10.3. The molecule has 0 aliphatic carbocycles. The zero-order valence-electron chi connectivity index (χ0n) is 10.7. The number of carbonyl (C=O) groups is 1. The van der Waals surface area contributed by atoms with Crippen molar-refractivity contribution in [1.82, 2.24) is 0 Å². The Labute approximate surface area is 130 Å². The van der Waals surface area contributed by atoms with Gasteiger partial charge in [0.15, 0.2) is 4.88 Å². The van der Waals surface area contributed by atoms with Crippen LogP contribution in [0.2, 0.25) is 10.0 Å². The van der Waals surface area contributed by atoms with Gasteiger partial charge < -0.3 is 9.84 Å². The Kier molecular flexibility index (Phi) is 4.91. The quantitative estimate of drug-likeness (QED) is 0.848. The Morgan fingerprint density at radius 2 is 2.10 bits per heavy atom. The lowest BCUT2D eigenvalue weighted by molar-refractivity contribution is 0.0697. The summed E-state index contributed by atoms with van der Waals surface area (Å²) in [6, 6.07) is 6.84. The van der Waals surface area contributed by atoms with Crippen LogP contribution in [0.1, 0.15) is 27.0 Å². The predicted molar refractivity (Wildman–Crippen MR) is 81.5 cm³/mol. The number of rotatable bonds is 5. The molecule has 0 atom stereocenters. The first-order valence-electron chi connectivity index (χ1n) is 5.94. The first-order valence-corrected chi connectivity index (χ1v) is 7.51. The van der Waals surface area contributed by atoms with Crippen molar-refractivity contribution in [3.8, 4) is 5.75 Å². The van der Waals surface area contributed by atoms with Gasteiger partial charge in [-0.05, 0) is 30.7 Å². The molecule has 1 heterocycles. The molecule has 0 fully saturated rings. The molecule has 2 aromatic rings. The number of thiophene rings is 1. The van der Waals surface area contributed by atoms with Crippen LogP contribution < -0.4 is 4.74 Å². The number of carboxylic acids is 1. The van der Waals surface area contributed by atoms with Crippen molar-refractivity contribution in [3.63, 3.8) is 0 Å². The molecule has 0 aliphatic heterocycles. The number of halogens is 2. The van der Waals surface area contributed by atoms with Gasteiger partial charge in [-0.2, -0.15) is 0 Å². The molecule has 0 amide bonds. The molecule has 0 saturated carbocycles. The minimum atomic E-state index is -0.984. The first-order chi connectivity index (χ1) is 9.51. The third kappa shape index (κ3) is 3.45. The zero-order valence-corrected chi connectivity index (χ0v) is 13.0. The second-order valence-corrected chi connectivity index (χ2v) is 6.07. The van der Waals surface area contributed by atoms with Crippen LogP contribution in [-0.4, -0.2) is 11.1 Å². The second-order valence-electron chi connectivity index (χ2n) is 4.09. The predicted octanol–water partition coefficient (Wildman–Crippen LogP) is 4.89. The van der Waals surface area contributed by atoms with Gasteiger partial charge in [0.05, 0.1) is 0 Å². The number of ether oxygens (including phenoxy) is 1. The van der Waals surface area contributed by atoms with E-state index >= 15 is 0 Å². The van der Waals surface area contributed by atoms with E-state index in [1.54, 1.807) is 24.3 Å². The van der Waals surface area contributed by atoms with Crippen molar-refractivity contribution in [2.45, 2.75) is 20.0 Å². The van der Waals surface area contributed by atoms with E-state index in [0.29, 0.717) is 15.8 Å². The highest BCUT2D eigenvalue weighted by atomic mass is 35.5. The van der Waals surface area contributed by atoms with Gasteiger partial charge in [-0.15, -0.1) is 11.3 Å². The van der Waals surface area contributed by atoms with Crippen LogP contribution in [0.3, 0.4) is 0 Å². The molecule has 2 rings (SSSR count). The second kappa shape index (κ2) is 6.48. The summed E-state index contributed by atoms with van der Waals surface area (Å²) in [5.41, 5.74) is 0.722. The molecule has 20 heavy (non-hydrogen) atoms. The smallest absolute Gasteiger partial charge is 0.349 e. The van der Waals surface area contributed by atoms with E-state index < -0.39 is 5.97 Å². The van der Waals surface area contributed by atoms with Crippen LogP contribution in [0.25, 0.3) is 0 Å². The van der Waals surface area contributed by atoms with Crippen molar-refractivity contribution in [2.75, 3.05) is 0 Å². The number of benzene rings is 1. The standard InChI is InChI=1S/C14H12Cl2O3S/c1-2-10-6-12(13(20-10)14(17)18)19-7-8-5-9(15)3-4-11(8)16/h3-6H,2,7H2,1H3,(H,17,18). The van der Waals surface area contributed by atoms with E-state index in [1.807, 2.05) is 6.92 Å². The highest BCUT2D eigenvalue weighted by molar-refractivity contribution is 7.14. The average Bonchev–Trinajstić information content (AvgIpc) is 2.83. The maximum absolute atomic E-state index is 11.2. The average molecular weight is 331 g/mol. The Balaban J connectivity index is 2.20. The van der Waals surface area contributed by atoms with Crippen molar-refractivity contribution in [1.29, 1.82) is 0 Å². The maximum Gasteiger partial charge on any atom is 0.349 e. The summed E-state index contributed by atoms with van der Waals surface area (Å²) in [6.45, 7) is 2.15. The van der Waals surface area contributed by atoms with Crippen molar-refractivity contribution in [2.24, 2.45) is 0 Å². The monoisotopic (exact) mass is 330 g/mol. The number of carboxylic acid groups (broad SMARTS) is 1. The van der Waals surface area contributed by atoms with E-state index in [2.05, 4.69) is 0 Å². The number of hydrogen-bond acceptors (Lipinski definition) is 3. The SMILES string of the molecule is CCc1cc(OCc2cc(Cl)ccc2Cl)c(C(=O)O)s1. The Morgan fingerprint density at radius 3 is 2.75 bits per heavy atom. The van der Waals surface area contributed by atoms with Crippen LogP contribution >= 0.6 is 34.5 Å². The van der Waals surface area contributed by atoms with Gasteiger partial charge in [-0.3, -0.25) is 0 Å². The van der Waals surface area contributed by atoms with Gasteiger partial charge in [-0.1, -0.05) is 30.1 Å². The molecule has 6 heteroatoms. The van der Waals surface area contributed by atoms with Gasteiger partial charge in [0.25, 0.3) is 0 Å². The van der Waals surface area contributed by atoms with Crippen LogP contribution in [0.4, 0.5) is 0 Å². The van der Waals surface area contributed by atoms with Gasteiger partial charge in [0, 0.05) is 20.5 Å². The highest BCUT2D eigenvalue weighted by Crippen LogP contribution is 2.31. The van der Waals surface area contributed by atoms with E-state index in [-0.39, 0.29) is 11.5 Å². The van der Waals surface area contributed by atoms with Gasteiger partial charge in [-0.25, -0.2) is 4.79 Å².